The fourth-order valence-electron chi connectivity index (χ4n) is 2.93. The van der Waals surface area contributed by atoms with Gasteiger partial charge in [0.2, 0.25) is 0 Å². The van der Waals surface area contributed by atoms with Gasteiger partial charge in [-0.25, -0.2) is 9.97 Å². The van der Waals surface area contributed by atoms with Crippen LogP contribution < -0.4 is 10.5 Å². The van der Waals surface area contributed by atoms with E-state index in [1.54, 1.807) is 10.9 Å². The van der Waals surface area contributed by atoms with Crippen molar-refractivity contribution in [3.63, 3.8) is 0 Å². The fraction of sp³-hybridized carbons (Fsp3) is 0.158. The summed E-state index contributed by atoms with van der Waals surface area (Å²) in [4.78, 5) is 13.1. The van der Waals surface area contributed by atoms with Crippen LogP contribution in [0.1, 0.15) is 11.3 Å². The third-order valence-electron chi connectivity index (χ3n) is 4.33. The maximum Gasteiger partial charge on any atom is 0.151 e. The first kappa shape index (κ1) is 17.2. The molecule has 0 fully saturated rings. The number of nitrogens with two attached hydrogens (primary N) is 1. The molecule has 0 atom stereocenters. The van der Waals surface area contributed by atoms with Crippen LogP contribution in [-0.2, 0) is 13.7 Å². The Morgan fingerprint density at radius 2 is 2.04 bits per heavy atom. The number of nitrogen functional groups attached to an aromatic ring is 1. The summed E-state index contributed by atoms with van der Waals surface area (Å²) in [6.07, 6.45) is 4.92. The van der Waals surface area contributed by atoms with Crippen LogP contribution >= 0.6 is 11.6 Å². The monoisotopic (exact) mass is 380 g/mol. The van der Waals surface area contributed by atoms with Gasteiger partial charge >= 0.3 is 0 Å². The normalized spacial score (nSPS) is 11.1. The Morgan fingerprint density at radius 1 is 1.19 bits per heavy atom. The lowest BCUT2D eigenvalue weighted by Crippen LogP contribution is -2.03. The van der Waals surface area contributed by atoms with Gasteiger partial charge in [-0.05, 0) is 24.6 Å². The Hall–Kier alpha value is -3.19. The highest BCUT2D eigenvalue weighted by atomic mass is 35.5. The molecule has 0 amide bonds. The van der Waals surface area contributed by atoms with Crippen molar-refractivity contribution in [2.75, 3.05) is 5.73 Å². The second-order valence-corrected chi connectivity index (χ2v) is 6.54. The summed E-state index contributed by atoms with van der Waals surface area (Å²) in [6.45, 7) is 2.24. The number of ether oxygens (including phenoxy) is 1. The second kappa shape index (κ2) is 6.85. The zero-order valence-electron chi connectivity index (χ0n) is 14.8. The Bertz CT molecular complexity index is 1140. The summed E-state index contributed by atoms with van der Waals surface area (Å²) in [5.74, 6) is 0.844. The predicted molar refractivity (Wildman–Crippen MR) is 104 cm³/mol. The number of aryl methyl sites for hydroxylation is 1. The molecule has 0 saturated carbocycles. The summed E-state index contributed by atoms with van der Waals surface area (Å²) in [6, 6.07) is 7.57. The van der Waals surface area contributed by atoms with Crippen LogP contribution in [0.5, 0.6) is 5.75 Å². The zero-order chi connectivity index (χ0) is 19.0. The number of nitrogens with zero attached hydrogens (tertiary/aromatic N) is 5. The number of hydrogen-bond donors (Lipinski definition) is 1. The summed E-state index contributed by atoms with van der Waals surface area (Å²) in [5.41, 5.74) is 10.1. The van der Waals surface area contributed by atoms with Crippen LogP contribution in [0.15, 0.2) is 43.0 Å². The number of aromatic nitrogens is 5. The van der Waals surface area contributed by atoms with Crippen LogP contribution in [0.2, 0.25) is 5.02 Å². The summed E-state index contributed by atoms with van der Waals surface area (Å²) < 4.78 is 7.64. The standard InChI is InChI=1S/C19H17ClN6O/c1-11-13(4-3-5-14(11)20)17-18-16(19(21)24-10-23-18)15(8-22-17)27-9-12-6-7-26(2)25-12/h3-8,10H,9H2,1-2H3,(H2,21,23,24). The zero-order valence-corrected chi connectivity index (χ0v) is 15.6. The molecule has 0 unspecified atom stereocenters. The van der Waals surface area contributed by atoms with Crippen molar-refractivity contribution < 1.29 is 4.74 Å². The van der Waals surface area contributed by atoms with Gasteiger partial charge < -0.3 is 10.5 Å². The molecular weight excluding hydrogens is 364 g/mol. The van der Waals surface area contributed by atoms with Crippen molar-refractivity contribution in [2.24, 2.45) is 7.05 Å². The SMILES string of the molecule is Cc1c(Cl)cccc1-c1ncc(OCc2ccn(C)n2)c2c(N)ncnc12. The lowest BCUT2D eigenvalue weighted by molar-refractivity contribution is 0.302. The lowest BCUT2D eigenvalue weighted by Gasteiger charge is -2.13. The summed E-state index contributed by atoms with van der Waals surface area (Å²) in [5, 5.41) is 5.60. The van der Waals surface area contributed by atoms with E-state index < -0.39 is 0 Å². The average molecular weight is 381 g/mol. The Balaban J connectivity index is 1.82. The molecule has 0 saturated heterocycles. The first-order valence-corrected chi connectivity index (χ1v) is 8.68. The molecule has 4 aromatic rings. The quantitative estimate of drug-likeness (QED) is 0.582. The van der Waals surface area contributed by atoms with Crippen molar-refractivity contribution in [2.45, 2.75) is 13.5 Å². The predicted octanol–water partition coefficient (Wildman–Crippen LogP) is 3.55. The van der Waals surface area contributed by atoms with E-state index in [4.69, 9.17) is 22.1 Å². The first-order chi connectivity index (χ1) is 13.0. The average Bonchev–Trinajstić information content (AvgIpc) is 3.08. The molecular formula is C19H17ClN6O. The third-order valence-corrected chi connectivity index (χ3v) is 4.73. The van der Waals surface area contributed by atoms with Gasteiger partial charge in [-0.2, -0.15) is 5.10 Å². The molecule has 2 N–H and O–H groups in total. The van der Waals surface area contributed by atoms with Crippen LogP contribution in [0.25, 0.3) is 22.2 Å². The van der Waals surface area contributed by atoms with E-state index in [0.29, 0.717) is 39.8 Å². The largest absolute Gasteiger partial charge is 0.485 e. The van der Waals surface area contributed by atoms with E-state index in [0.717, 1.165) is 16.8 Å². The summed E-state index contributed by atoms with van der Waals surface area (Å²) >= 11 is 6.28. The number of fused-ring (bicyclic) bond motifs is 1. The van der Waals surface area contributed by atoms with Crippen molar-refractivity contribution in [3.05, 3.63) is 59.3 Å². The van der Waals surface area contributed by atoms with Gasteiger partial charge in [0, 0.05) is 23.8 Å². The van der Waals surface area contributed by atoms with Crippen molar-refractivity contribution >= 4 is 28.3 Å². The number of hydrogen-bond acceptors (Lipinski definition) is 6. The first-order valence-electron chi connectivity index (χ1n) is 8.30. The molecule has 3 heterocycles. The van der Waals surface area contributed by atoms with E-state index in [2.05, 4.69) is 20.1 Å². The van der Waals surface area contributed by atoms with Gasteiger partial charge in [-0.15, -0.1) is 0 Å². The minimum atomic E-state index is 0.293. The molecule has 27 heavy (non-hydrogen) atoms. The van der Waals surface area contributed by atoms with E-state index in [1.807, 2.05) is 44.4 Å². The fourth-order valence-corrected chi connectivity index (χ4v) is 3.11. The number of halogens is 1. The van der Waals surface area contributed by atoms with Crippen molar-refractivity contribution in [1.82, 2.24) is 24.7 Å². The van der Waals surface area contributed by atoms with Crippen LogP contribution in [0.3, 0.4) is 0 Å². The van der Waals surface area contributed by atoms with Crippen LogP contribution in [0.4, 0.5) is 5.82 Å². The van der Waals surface area contributed by atoms with Crippen molar-refractivity contribution in [1.29, 1.82) is 0 Å². The Morgan fingerprint density at radius 3 is 2.81 bits per heavy atom. The molecule has 8 heteroatoms. The molecule has 0 radical (unpaired) electrons. The van der Waals surface area contributed by atoms with Crippen LogP contribution in [0, 0.1) is 6.92 Å². The topological polar surface area (TPSA) is 91.7 Å². The molecule has 0 aliphatic carbocycles. The van der Waals surface area contributed by atoms with Gasteiger partial charge in [-0.1, -0.05) is 23.7 Å². The van der Waals surface area contributed by atoms with Crippen molar-refractivity contribution in [3.8, 4) is 17.0 Å². The minimum Gasteiger partial charge on any atom is -0.485 e. The second-order valence-electron chi connectivity index (χ2n) is 6.14. The molecule has 3 aromatic heterocycles. The molecule has 0 aliphatic rings. The van der Waals surface area contributed by atoms with Gasteiger partial charge in [0.15, 0.2) is 5.75 Å². The Labute approximate surface area is 160 Å². The smallest absolute Gasteiger partial charge is 0.151 e. The molecule has 0 spiro atoms. The summed E-state index contributed by atoms with van der Waals surface area (Å²) in [7, 11) is 1.86. The molecule has 0 bridgehead atoms. The minimum absolute atomic E-state index is 0.293. The highest BCUT2D eigenvalue weighted by Crippen LogP contribution is 2.36. The highest BCUT2D eigenvalue weighted by molar-refractivity contribution is 6.31. The molecule has 7 nitrogen and oxygen atoms in total. The van der Waals surface area contributed by atoms with Gasteiger partial charge in [0.1, 0.15) is 24.3 Å². The van der Waals surface area contributed by atoms with E-state index >= 15 is 0 Å². The van der Waals surface area contributed by atoms with Gasteiger partial charge in [-0.3, -0.25) is 9.67 Å². The molecule has 4 rings (SSSR count). The number of anilines is 1. The number of rotatable bonds is 4. The number of benzene rings is 1. The third kappa shape index (κ3) is 3.17. The lowest BCUT2D eigenvalue weighted by atomic mass is 10.0. The van der Waals surface area contributed by atoms with E-state index in [-0.39, 0.29) is 0 Å². The maximum atomic E-state index is 6.28. The molecule has 1 aromatic carbocycles. The highest BCUT2D eigenvalue weighted by Gasteiger charge is 2.17. The van der Waals surface area contributed by atoms with Crippen LogP contribution in [-0.4, -0.2) is 24.7 Å². The van der Waals surface area contributed by atoms with Gasteiger partial charge in [0.05, 0.1) is 23.0 Å². The molecule has 136 valence electrons. The van der Waals surface area contributed by atoms with Gasteiger partial charge in [0.25, 0.3) is 0 Å². The molecule has 0 aliphatic heterocycles. The number of pyridine rings is 1. The maximum absolute atomic E-state index is 6.28. The van der Waals surface area contributed by atoms with E-state index in [1.165, 1.54) is 6.33 Å². The Kier molecular flexibility index (Phi) is 4.37. The van der Waals surface area contributed by atoms with E-state index in [9.17, 15) is 0 Å².